The quantitative estimate of drug-likeness (QED) is 0.0654. The van der Waals surface area contributed by atoms with Gasteiger partial charge in [-0.25, -0.2) is 13.6 Å². The van der Waals surface area contributed by atoms with Gasteiger partial charge in [-0.05, 0) is 87.0 Å². The van der Waals surface area contributed by atoms with E-state index in [-0.39, 0.29) is 16.6 Å². The van der Waals surface area contributed by atoms with Crippen LogP contribution in [0.15, 0.2) is 52.4 Å². The molecule has 4 aromatic rings. The summed E-state index contributed by atoms with van der Waals surface area (Å²) in [5, 5.41) is 4.67. The van der Waals surface area contributed by atoms with Crippen molar-refractivity contribution in [3.63, 3.8) is 0 Å². The molecule has 0 saturated heterocycles. The molecule has 0 spiro atoms. The van der Waals surface area contributed by atoms with E-state index in [9.17, 15) is 9.18 Å². The molecule has 8 nitrogen and oxygen atoms in total. The minimum absolute atomic E-state index is 0.0248. The van der Waals surface area contributed by atoms with E-state index >= 15 is 4.39 Å². The first-order chi connectivity index (χ1) is 21.1. The second kappa shape index (κ2) is 15.6. The highest BCUT2D eigenvalue weighted by Crippen LogP contribution is 2.32. The summed E-state index contributed by atoms with van der Waals surface area (Å²) in [5.41, 5.74) is 14.1. The number of H-pyrrole nitrogens is 1. The maximum atomic E-state index is 15.1. The van der Waals surface area contributed by atoms with Crippen molar-refractivity contribution >= 4 is 40.1 Å². The highest BCUT2D eigenvalue weighted by atomic mass is 35.5. The van der Waals surface area contributed by atoms with Crippen molar-refractivity contribution in [2.75, 3.05) is 19.8 Å². The summed E-state index contributed by atoms with van der Waals surface area (Å²) in [4.78, 5) is 24.6. The Morgan fingerprint density at radius 1 is 1.16 bits per heavy atom. The van der Waals surface area contributed by atoms with Crippen molar-refractivity contribution in [3.8, 4) is 16.9 Å². The molecule has 44 heavy (non-hydrogen) atoms. The van der Waals surface area contributed by atoms with Crippen LogP contribution in [0.1, 0.15) is 63.1 Å². The highest BCUT2D eigenvalue weighted by molar-refractivity contribution is 6.31. The van der Waals surface area contributed by atoms with E-state index in [1.807, 2.05) is 12.1 Å². The number of alkyl halides is 1. The van der Waals surface area contributed by atoms with Gasteiger partial charge in [0.25, 0.3) is 0 Å². The van der Waals surface area contributed by atoms with Crippen LogP contribution in [0.3, 0.4) is 0 Å². The summed E-state index contributed by atoms with van der Waals surface area (Å²) in [6.07, 6.45) is 6.07. The molecule has 2 aromatic heterocycles. The van der Waals surface area contributed by atoms with Crippen molar-refractivity contribution in [1.82, 2.24) is 19.9 Å². The molecule has 0 bridgehead atoms. The van der Waals surface area contributed by atoms with E-state index in [0.717, 1.165) is 36.9 Å². The summed E-state index contributed by atoms with van der Waals surface area (Å²) in [6, 6.07) is 10.0. The minimum atomic E-state index is -0.586. The number of rotatable bonds is 15. The summed E-state index contributed by atoms with van der Waals surface area (Å²) < 4.78 is 29.3. The number of hydrogen-bond acceptors (Lipinski definition) is 5. The fourth-order valence-electron chi connectivity index (χ4n) is 5.17. The van der Waals surface area contributed by atoms with Crippen LogP contribution in [0.4, 0.5) is 8.78 Å². The Hall–Kier alpha value is -3.31. The third-order valence-electron chi connectivity index (χ3n) is 7.43. The number of halogens is 4. The van der Waals surface area contributed by atoms with E-state index in [0.29, 0.717) is 59.1 Å². The second-order valence-corrected chi connectivity index (χ2v) is 11.8. The fourth-order valence-corrected chi connectivity index (χ4v) is 5.72. The molecule has 4 rings (SSSR count). The average molecular weight is 647 g/mol. The van der Waals surface area contributed by atoms with E-state index in [1.165, 1.54) is 4.57 Å². The Morgan fingerprint density at radius 3 is 2.66 bits per heavy atom. The van der Waals surface area contributed by atoms with Crippen molar-refractivity contribution in [3.05, 3.63) is 80.1 Å². The number of amidine groups is 1. The van der Waals surface area contributed by atoms with Crippen LogP contribution in [0.25, 0.3) is 28.0 Å². The van der Waals surface area contributed by atoms with Gasteiger partial charge in [0.15, 0.2) is 5.82 Å². The molecule has 0 radical (unpaired) electrons. The van der Waals surface area contributed by atoms with Crippen molar-refractivity contribution in [1.29, 1.82) is 0 Å². The molecule has 236 valence electrons. The van der Waals surface area contributed by atoms with E-state index in [2.05, 4.69) is 27.2 Å². The molecule has 0 fully saturated rings. The molecule has 0 aliphatic carbocycles. The first kappa shape index (κ1) is 33.6. The third kappa shape index (κ3) is 8.44. The van der Waals surface area contributed by atoms with E-state index in [4.69, 9.17) is 34.7 Å². The monoisotopic (exact) mass is 645 g/mol. The second-order valence-electron chi connectivity index (χ2n) is 11.0. The van der Waals surface area contributed by atoms with Gasteiger partial charge in [-0.2, -0.15) is 4.98 Å². The normalized spacial score (nSPS) is 13.5. The number of aromatic amines is 1. The maximum Gasteiger partial charge on any atom is 0.354 e. The lowest BCUT2D eigenvalue weighted by molar-refractivity contribution is 0.407. The zero-order valence-corrected chi connectivity index (χ0v) is 26.5. The topological polar surface area (TPSA) is 127 Å². The summed E-state index contributed by atoms with van der Waals surface area (Å²) in [7, 11) is 0. The van der Waals surface area contributed by atoms with Crippen LogP contribution in [-0.2, 0) is 6.42 Å². The highest BCUT2D eigenvalue weighted by Gasteiger charge is 2.18. The lowest BCUT2D eigenvalue weighted by Gasteiger charge is -2.20. The molecule has 2 unspecified atom stereocenters. The molecule has 0 saturated carbocycles. The van der Waals surface area contributed by atoms with Crippen molar-refractivity contribution in [2.24, 2.45) is 16.5 Å². The van der Waals surface area contributed by atoms with Gasteiger partial charge in [-0.15, -0.1) is 0 Å². The molecule has 12 heteroatoms. The zero-order valence-electron chi connectivity index (χ0n) is 25.0. The predicted molar refractivity (Wildman–Crippen MR) is 176 cm³/mol. The smallest absolute Gasteiger partial charge is 0.354 e. The number of aliphatic imine (C=N–C) groups is 1. The van der Waals surface area contributed by atoms with Crippen LogP contribution in [0, 0.1) is 5.82 Å². The lowest BCUT2D eigenvalue weighted by Crippen LogP contribution is -2.24. The Bertz CT molecular complexity index is 1670. The lowest BCUT2D eigenvalue weighted by atomic mass is 10.0. The van der Waals surface area contributed by atoms with E-state index < -0.39 is 24.2 Å². The van der Waals surface area contributed by atoms with Crippen molar-refractivity contribution in [2.45, 2.75) is 64.5 Å². The van der Waals surface area contributed by atoms with Crippen molar-refractivity contribution < 1.29 is 8.78 Å². The fraction of sp³-hybridized carbons (Fsp3) is 0.406. The first-order valence-corrected chi connectivity index (χ1v) is 15.6. The van der Waals surface area contributed by atoms with Gasteiger partial charge in [0.2, 0.25) is 0 Å². The number of aryl methyl sites for hydroxylation is 1. The molecule has 2 aromatic carbocycles. The summed E-state index contributed by atoms with van der Waals surface area (Å²) >= 11 is 13.0. The van der Waals surface area contributed by atoms with Crippen LogP contribution in [0.2, 0.25) is 10.0 Å². The maximum absolute atomic E-state index is 15.1. The third-order valence-corrected chi connectivity index (χ3v) is 8.03. The Morgan fingerprint density at radius 2 is 1.95 bits per heavy atom. The van der Waals surface area contributed by atoms with Gasteiger partial charge in [0.1, 0.15) is 12.3 Å². The summed E-state index contributed by atoms with van der Waals surface area (Å²) in [5.74, 6) is -0.0143. The number of benzene rings is 2. The number of nitrogens with one attached hydrogen (secondary N) is 2. The largest absolute Gasteiger partial charge is 0.388 e. The van der Waals surface area contributed by atoms with Gasteiger partial charge in [-0.3, -0.25) is 9.56 Å². The zero-order chi connectivity index (χ0) is 31.8. The van der Waals surface area contributed by atoms with Gasteiger partial charge in [0, 0.05) is 40.8 Å². The molecule has 2 atom stereocenters. The standard InChI is InChI=1S/C32H39Cl2F2N7O/c1-3-6-28(40-12-5-11-39-19(2)37)24-10-9-23(16-26(24)33)43-18-21-15-29(41-31(21)42-32(43)44)25-13-20(14-27(34)30(25)36)7-4-8-22(38)17-35/h9-10,13-16,18,22,28,40H,3-8,11-12,17,38H2,1-2H3,(H2,37,39)(H,41,42,44). The Kier molecular flexibility index (Phi) is 11.9. The van der Waals surface area contributed by atoms with Gasteiger partial charge in [0.05, 0.1) is 22.2 Å². The summed E-state index contributed by atoms with van der Waals surface area (Å²) in [6.45, 7) is 4.72. The van der Waals surface area contributed by atoms with Gasteiger partial charge in [-0.1, -0.05) is 42.6 Å². The molecule has 6 N–H and O–H groups in total. The molecule has 0 aliphatic rings. The number of aromatic nitrogens is 3. The number of hydrogen-bond donors (Lipinski definition) is 4. The minimum Gasteiger partial charge on any atom is -0.388 e. The number of nitrogens with two attached hydrogens (primary N) is 2. The molecule has 2 heterocycles. The first-order valence-electron chi connectivity index (χ1n) is 14.8. The average Bonchev–Trinajstić information content (AvgIpc) is 3.40. The Labute approximate surface area is 265 Å². The van der Waals surface area contributed by atoms with Crippen LogP contribution in [0.5, 0.6) is 0 Å². The molecular weight excluding hydrogens is 607 g/mol. The number of fused-ring (bicyclic) bond motifs is 1. The van der Waals surface area contributed by atoms with Crippen LogP contribution < -0.4 is 22.5 Å². The predicted octanol–water partition coefficient (Wildman–Crippen LogP) is 6.64. The molecule has 0 aliphatic heterocycles. The number of nitrogens with zero attached hydrogens (tertiary/aromatic N) is 3. The van der Waals surface area contributed by atoms with Gasteiger partial charge < -0.3 is 21.8 Å². The van der Waals surface area contributed by atoms with Crippen LogP contribution in [-0.4, -0.2) is 46.2 Å². The molecular formula is C32H39Cl2F2N7O. The van der Waals surface area contributed by atoms with E-state index in [1.54, 1.807) is 37.4 Å². The SMILES string of the molecule is CCCC(NCCCN=C(C)N)c1ccc(-n2cc3cc(-c4cc(CCCC(N)CF)cc(Cl)c4F)[nH]c3nc2=O)cc1Cl. The van der Waals surface area contributed by atoms with Gasteiger partial charge >= 0.3 is 5.69 Å². The Balaban J connectivity index is 1.58. The molecule has 0 amide bonds. The van der Waals surface area contributed by atoms with Crippen LogP contribution >= 0.6 is 23.2 Å².